The first-order valence-corrected chi connectivity index (χ1v) is 8.39. The molecule has 1 atom stereocenters. The second kappa shape index (κ2) is 5.25. The van der Waals surface area contributed by atoms with Crippen molar-refractivity contribution >= 4 is 36.3 Å². The summed E-state index contributed by atoms with van der Waals surface area (Å²) < 4.78 is 2.46. The number of thiophene rings is 1. The van der Waals surface area contributed by atoms with E-state index >= 15 is 0 Å². The molecule has 0 saturated heterocycles. The SMILES string of the molecule is [C-]#[N+]c1ccc2c(c1)c1cc(C#N)ccc1[s+]2-c1ccccc1. The number of benzene rings is 3. The summed E-state index contributed by atoms with van der Waals surface area (Å²) in [4.78, 5) is 4.81. The normalized spacial score (nSPS) is 11.3. The fourth-order valence-electron chi connectivity index (χ4n) is 2.89. The van der Waals surface area contributed by atoms with Crippen molar-refractivity contribution in [2.24, 2.45) is 0 Å². The van der Waals surface area contributed by atoms with Gasteiger partial charge in [0.05, 0.1) is 18.2 Å². The maximum atomic E-state index is 9.20. The zero-order valence-corrected chi connectivity index (χ0v) is 13.0. The first-order valence-electron chi connectivity index (χ1n) is 7.17. The van der Waals surface area contributed by atoms with Gasteiger partial charge in [0.1, 0.15) is 0 Å². The quantitative estimate of drug-likeness (QED) is 0.306. The zero-order chi connectivity index (χ0) is 15.8. The van der Waals surface area contributed by atoms with Gasteiger partial charge >= 0.3 is 0 Å². The molecular formula is C20H11N2S+. The first kappa shape index (κ1) is 13.5. The Morgan fingerprint density at radius 3 is 2.26 bits per heavy atom. The van der Waals surface area contributed by atoms with Gasteiger partial charge in [0, 0.05) is 27.3 Å². The molecular weight excluding hydrogens is 300 g/mol. The molecule has 3 heteroatoms. The molecule has 0 fully saturated rings. The first-order chi connectivity index (χ1) is 11.3. The number of hydrogen-bond donors (Lipinski definition) is 0. The lowest BCUT2D eigenvalue weighted by atomic mass is 10.1. The highest BCUT2D eigenvalue weighted by Gasteiger charge is 2.23. The summed E-state index contributed by atoms with van der Waals surface area (Å²) in [5.74, 6) is 0. The Hall–Kier alpha value is -3.14. The number of rotatable bonds is 1. The topological polar surface area (TPSA) is 28.1 Å². The minimum atomic E-state index is -0.173. The Bertz CT molecular complexity index is 1050. The van der Waals surface area contributed by atoms with Gasteiger partial charge in [0.25, 0.3) is 0 Å². The van der Waals surface area contributed by atoms with Crippen molar-refractivity contribution in [1.29, 1.82) is 5.26 Å². The van der Waals surface area contributed by atoms with Gasteiger partial charge in [-0.3, -0.25) is 0 Å². The molecule has 23 heavy (non-hydrogen) atoms. The summed E-state index contributed by atoms with van der Waals surface area (Å²) in [6.45, 7) is 7.26. The average molecular weight is 311 g/mol. The van der Waals surface area contributed by atoms with Gasteiger partial charge in [-0.2, -0.15) is 5.26 Å². The molecule has 0 N–H and O–H groups in total. The van der Waals surface area contributed by atoms with Crippen LogP contribution in [0.5, 0.6) is 0 Å². The van der Waals surface area contributed by atoms with Gasteiger partial charge in [-0.1, -0.05) is 24.3 Å². The van der Waals surface area contributed by atoms with Gasteiger partial charge in [-0.15, -0.1) is 0 Å². The van der Waals surface area contributed by atoms with Crippen LogP contribution in [-0.4, -0.2) is 0 Å². The van der Waals surface area contributed by atoms with E-state index in [1.54, 1.807) is 0 Å². The molecule has 4 rings (SSSR count). The summed E-state index contributed by atoms with van der Waals surface area (Å²) in [7, 11) is -0.173. The molecule has 0 amide bonds. The number of fused-ring (bicyclic) bond motifs is 3. The highest BCUT2D eigenvalue weighted by Crippen LogP contribution is 2.49. The van der Waals surface area contributed by atoms with Gasteiger partial charge in [0.15, 0.2) is 20.0 Å². The van der Waals surface area contributed by atoms with Crippen LogP contribution in [0.3, 0.4) is 0 Å². The molecule has 1 aromatic heterocycles. The smallest absolute Gasteiger partial charge is 0.188 e. The van der Waals surface area contributed by atoms with Crippen LogP contribution in [0.25, 0.3) is 29.9 Å². The Kier molecular flexibility index (Phi) is 3.08. The van der Waals surface area contributed by atoms with E-state index in [0.29, 0.717) is 11.3 Å². The largest absolute Gasteiger partial charge is 0.238 e. The lowest BCUT2D eigenvalue weighted by Gasteiger charge is -1.92. The van der Waals surface area contributed by atoms with Crippen LogP contribution in [-0.2, 0) is 0 Å². The van der Waals surface area contributed by atoms with E-state index in [0.717, 1.165) is 10.8 Å². The summed E-state index contributed by atoms with van der Waals surface area (Å²) in [5.41, 5.74) is 1.29. The van der Waals surface area contributed by atoms with Crippen molar-refractivity contribution in [3.63, 3.8) is 0 Å². The molecule has 0 aliphatic heterocycles. The van der Waals surface area contributed by atoms with E-state index in [1.165, 1.54) is 14.3 Å². The maximum Gasteiger partial charge on any atom is 0.188 e. The van der Waals surface area contributed by atoms with Gasteiger partial charge in [0.2, 0.25) is 0 Å². The third kappa shape index (κ3) is 2.07. The summed E-state index contributed by atoms with van der Waals surface area (Å²) in [6.07, 6.45) is 0. The standard InChI is InChI=1S/C20H11N2S/c1-22-15-8-10-20-18(12-15)17-11-14(13-21)7-9-19(17)23(20)16-5-3-2-4-6-16/h2-12H/q+1. The van der Waals surface area contributed by atoms with E-state index in [-0.39, 0.29) is 10.5 Å². The average Bonchev–Trinajstić information content (AvgIpc) is 2.95. The van der Waals surface area contributed by atoms with Crippen molar-refractivity contribution in [2.75, 3.05) is 0 Å². The third-order valence-corrected chi connectivity index (χ3v) is 6.25. The Morgan fingerprint density at radius 2 is 1.57 bits per heavy atom. The molecule has 3 aromatic carbocycles. The van der Waals surface area contributed by atoms with E-state index in [2.05, 4.69) is 47.3 Å². The van der Waals surface area contributed by atoms with Gasteiger partial charge in [-0.05, 0) is 36.4 Å². The molecule has 0 spiro atoms. The van der Waals surface area contributed by atoms with E-state index < -0.39 is 0 Å². The van der Waals surface area contributed by atoms with Crippen LogP contribution >= 0.6 is 10.5 Å². The molecule has 4 aromatic rings. The maximum absolute atomic E-state index is 9.20. The molecule has 106 valence electrons. The minimum absolute atomic E-state index is 0.173. The molecule has 0 saturated carbocycles. The predicted molar refractivity (Wildman–Crippen MR) is 96.2 cm³/mol. The Morgan fingerprint density at radius 1 is 0.870 bits per heavy atom. The predicted octanol–water partition coefficient (Wildman–Crippen LogP) is 6.15. The molecule has 0 radical (unpaired) electrons. The minimum Gasteiger partial charge on any atom is -0.238 e. The molecule has 1 unspecified atom stereocenters. The summed E-state index contributed by atoms with van der Waals surface area (Å²) >= 11 is 0. The second-order valence-electron chi connectivity index (χ2n) is 5.23. The van der Waals surface area contributed by atoms with Crippen LogP contribution in [0.2, 0.25) is 0 Å². The second-order valence-corrected chi connectivity index (χ2v) is 7.20. The van der Waals surface area contributed by atoms with Crippen molar-refractivity contribution in [1.82, 2.24) is 0 Å². The lowest BCUT2D eigenvalue weighted by molar-refractivity contribution is 1.50. The van der Waals surface area contributed by atoms with Gasteiger partial charge < -0.3 is 0 Å². The highest BCUT2D eigenvalue weighted by atomic mass is 32.2. The van der Waals surface area contributed by atoms with Crippen molar-refractivity contribution in [3.05, 3.63) is 83.7 Å². The molecule has 2 nitrogen and oxygen atoms in total. The van der Waals surface area contributed by atoms with Crippen LogP contribution < -0.4 is 0 Å². The fraction of sp³-hybridized carbons (Fsp3) is 0. The number of nitrogens with zero attached hydrogens (tertiary/aromatic N) is 2. The molecule has 0 aliphatic carbocycles. The van der Waals surface area contributed by atoms with Crippen molar-refractivity contribution < 1.29 is 0 Å². The lowest BCUT2D eigenvalue weighted by Crippen LogP contribution is -1.73. The highest BCUT2D eigenvalue weighted by molar-refractivity contribution is 7.50. The van der Waals surface area contributed by atoms with E-state index in [4.69, 9.17) is 6.57 Å². The summed E-state index contributed by atoms with van der Waals surface area (Å²) in [6, 6.07) is 24.4. The van der Waals surface area contributed by atoms with E-state index in [1.807, 2.05) is 30.3 Å². The van der Waals surface area contributed by atoms with Crippen LogP contribution in [0.4, 0.5) is 5.69 Å². The molecule has 0 aliphatic rings. The number of hydrogen-bond acceptors (Lipinski definition) is 1. The molecule has 0 bridgehead atoms. The van der Waals surface area contributed by atoms with Gasteiger partial charge in [-0.25, -0.2) is 4.85 Å². The monoisotopic (exact) mass is 311 g/mol. The van der Waals surface area contributed by atoms with Crippen molar-refractivity contribution in [2.45, 2.75) is 0 Å². The Balaban J connectivity index is 2.20. The molecule has 1 heterocycles. The Labute approximate surface area is 136 Å². The summed E-state index contributed by atoms with van der Waals surface area (Å²) in [5, 5.41) is 11.4. The fourth-order valence-corrected chi connectivity index (χ4v) is 5.25. The third-order valence-electron chi connectivity index (χ3n) is 3.91. The van der Waals surface area contributed by atoms with Crippen LogP contribution in [0.1, 0.15) is 5.56 Å². The van der Waals surface area contributed by atoms with Crippen molar-refractivity contribution in [3.8, 4) is 11.0 Å². The van der Waals surface area contributed by atoms with Crippen LogP contribution in [0.15, 0.2) is 66.7 Å². The zero-order valence-electron chi connectivity index (χ0n) is 12.2. The van der Waals surface area contributed by atoms with E-state index in [9.17, 15) is 5.26 Å². The van der Waals surface area contributed by atoms with Crippen LogP contribution in [0, 0.1) is 17.9 Å². The number of nitriles is 1.